The zero-order valence-corrected chi connectivity index (χ0v) is 18.7. The Balaban J connectivity index is 1.66. The van der Waals surface area contributed by atoms with Gasteiger partial charge in [0.1, 0.15) is 5.04 Å². The molecule has 30 heavy (non-hydrogen) atoms. The number of thioether (sulfide) groups is 1. The lowest BCUT2D eigenvalue weighted by molar-refractivity contribution is -0.141. The number of sulfonamides is 1. The Morgan fingerprint density at radius 2 is 2.23 bits per heavy atom. The number of rotatable bonds is 7. The number of nitrogens with zero attached hydrogens (tertiary/aromatic N) is 3. The summed E-state index contributed by atoms with van der Waals surface area (Å²) in [6.45, 7) is 2.32. The van der Waals surface area contributed by atoms with Crippen LogP contribution >= 0.6 is 23.1 Å². The van der Waals surface area contributed by atoms with Crippen molar-refractivity contribution in [2.45, 2.75) is 22.9 Å². The molecule has 3 aromatic rings. The molecule has 0 amide bonds. The van der Waals surface area contributed by atoms with Crippen molar-refractivity contribution in [3.63, 3.8) is 0 Å². The van der Waals surface area contributed by atoms with E-state index in [0.717, 1.165) is 27.5 Å². The topological polar surface area (TPSA) is 116 Å². The van der Waals surface area contributed by atoms with Gasteiger partial charge in [0.15, 0.2) is 0 Å². The van der Waals surface area contributed by atoms with Crippen LogP contribution < -0.4 is 4.31 Å². The van der Waals surface area contributed by atoms with Gasteiger partial charge < -0.3 is 10.1 Å². The maximum absolute atomic E-state index is 12.9. The highest BCUT2D eigenvalue weighted by Crippen LogP contribution is 2.35. The molecular formula is C19H20N4O4S3. The van der Waals surface area contributed by atoms with E-state index in [-0.39, 0.29) is 9.59 Å². The van der Waals surface area contributed by atoms with Crippen LogP contribution in [0.4, 0.5) is 5.69 Å². The van der Waals surface area contributed by atoms with E-state index in [1.54, 1.807) is 17.5 Å². The van der Waals surface area contributed by atoms with E-state index in [4.69, 9.17) is 0 Å². The van der Waals surface area contributed by atoms with Crippen LogP contribution in [0.3, 0.4) is 0 Å². The average Bonchev–Trinajstić information content (AvgIpc) is 3.46. The van der Waals surface area contributed by atoms with Crippen molar-refractivity contribution in [2.75, 3.05) is 17.9 Å². The second kappa shape index (κ2) is 8.05. The molecule has 4 rings (SSSR count). The van der Waals surface area contributed by atoms with Crippen LogP contribution in [0.2, 0.25) is 0 Å². The number of aromatic nitrogens is 2. The Kier molecular flexibility index (Phi) is 5.60. The van der Waals surface area contributed by atoms with Crippen molar-refractivity contribution in [1.29, 1.82) is 0 Å². The Labute approximate surface area is 182 Å². The standard InChI is InChI=1S/C19H20N4O4S3/c1-3-12(18(24)25)15-10-21-17(29-15)13-9-11-5-4-6-14(16(11)22-13)23(2)30(26,27)19-20-7-8-28-19/h4-9,12,15,22H,3,10H2,1-2H3,(H,24,25). The van der Waals surface area contributed by atoms with Crippen LogP contribution in [-0.4, -0.2) is 53.3 Å². The first-order chi connectivity index (χ1) is 14.3. The highest BCUT2D eigenvalue weighted by atomic mass is 32.2. The van der Waals surface area contributed by atoms with Gasteiger partial charge in [-0.15, -0.1) is 11.3 Å². The number of benzene rings is 1. The summed E-state index contributed by atoms with van der Waals surface area (Å²) in [5, 5.41) is 12.5. The van der Waals surface area contributed by atoms with Gasteiger partial charge in [-0.2, -0.15) is 8.42 Å². The van der Waals surface area contributed by atoms with Crippen molar-refractivity contribution in [1.82, 2.24) is 9.97 Å². The maximum Gasteiger partial charge on any atom is 0.307 e. The molecule has 0 spiro atoms. The van der Waals surface area contributed by atoms with Gasteiger partial charge in [0, 0.05) is 29.3 Å². The molecule has 3 heterocycles. The SMILES string of the molecule is CCC(C(=O)O)C1CN=C(c2cc3cccc(N(C)S(=O)(=O)c4nccs4)c3[nH]2)S1. The number of carboxylic acid groups (broad SMARTS) is 1. The van der Waals surface area contributed by atoms with Gasteiger partial charge in [-0.05, 0) is 18.6 Å². The molecule has 2 atom stereocenters. The fraction of sp³-hybridized carbons (Fsp3) is 0.316. The van der Waals surface area contributed by atoms with Crippen LogP contribution in [0.15, 0.2) is 45.2 Å². The summed E-state index contributed by atoms with van der Waals surface area (Å²) in [6.07, 6.45) is 2.01. The Morgan fingerprint density at radius 3 is 2.90 bits per heavy atom. The Hall–Kier alpha value is -2.37. The summed E-state index contributed by atoms with van der Waals surface area (Å²) in [7, 11) is -2.26. The van der Waals surface area contributed by atoms with Crippen molar-refractivity contribution in [3.05, 3.63) is 41.5 Å². The van der Waals surface area contributed by atoms with Crippen molar-refractivity contribution < 1.29 is 18.3 Å². The largest absolute Gasteiger partial charge is 0.481 e. The number of thiazole rings is 1. The number of hydrogen-bond acceptors (Lipinski definition) is 7. The van der Waals surface area contributed by atoms with Crippen LogP contribution in [0, 0.1) is 5.92 Å². The first-order valence-electron chi connectivity index (χ1n) is 9.27. The van der Waals surface area contributed by atoms with Gasteiger partial charge in [0.25, 0.3) is 10.0 Å². The molecule has 0 aliphatic carbocycles. The smallest absolute Gasteiger partial charge is 0.307 e. The number of hydrogen-bond donors (Lipinski definition) is 2. The third-order valence-corrected chi connectivity index (χ3v) is 9.38. The molecule has 2 unspecified atom stereocenters. The number of H-pyrrole nitrogens is 1. The summed E-state index contributed by atoms with van der Waals surface area (Å²) >= 11 is 2.53. The summed E-state index contributed by atoms with van der Waals surface area (Å²) < 4.78 is 27.0. The summed E-state index contributed by atoms with van der Waals surface area (Å²) in [6, 6.07) is 7.34. The van der Waals surface area contributed by atoms with Crippen LogP contribution in [0.25, 0.3) is 10.9 Å². The molecule has 158 valence electrons. The number of nitrogens with one attached hydrogen (secondary N) is 1. The van der Waals surface area contributed by atoms with Gasteiger partial charge in [-0.25, -0.2) is 4.98 Å². The van der Waals surface area contributed by atoms with E-state index in [9.17, 15) is 18.3 Å². The Bertz CT molecular complexity index is 1220. The lowest BCUT2D eigenvalue weighted by Crippen LogP contribution is -2.26. The highest BCUT2D eigenvalue weighted by Gasteiger charge is 2.33. The third-order valence-electron chi connectivity index (χ3n) is 5.08. The minimum Gasteiger partial charge on any atom is -0.481 e. The maximum atomic E-state index is 12.9. The number of para-hydroxylation sites is 1. The lowest BCUT2D eigenvalue weighted by Gasteiger charge is -2.18. The molecule has 0 fully saturated rings. The van der Waals surface area contributed by atoms with Crippen LogP contribution in [-0.2, 0) is 14.8 Å². The lowest BCUT2D eigenvalue weighted by atomic mass is 10.0. The monoisotopic (exact) mass is 464 g/mol. The summed E-state index contributed by atoms with van der Waals surface area (Å²) in [5.74, 6) is -1.26. The molecule has 8 nitrogen and oxygen atoms in total. The molecule has 1 aliphatic heterocycles. The fourth-order valence-electron chi connectivity index (χ4n) is 3.45. The number of aromatic amines is 1. The normalized spacial score (nSPS) is 17.8. The van der Waals surface area contributed by atoms with Gasteiger partial charge in [-0.3, -0.25) is 14.1 Å². The van der Waals surface area contributed by atoms with Gasteiger partial charge in [-0.1, -0.05) is 30.8 Å². The number of fused-ring (bicyclic) bond motifs is 1. The molecular weight excluding hydrogens is 444 g/mol. The predicted molar refractivity (Wildman–Crippen MR) is 120 cm³/mol. The quantitative estimate of drug-likeness (QED) is 0.553. The van der Waals surface area contributed by atoms with E-state index < -0.39 is 21.9 Å². The first-order valence-corrected chi connectivity index (χ1v) is 12.5. The minimum atomic E-state index is -3.76. The molecule has 1 aliphatic rings. The molecule has 11 heteroatoms. The Morgan fingerprint density at radius 1 is 1.43 bits per heavy atom. The van der Waals surface area contributed by atoms with E-state index in [2.05, 4.69) is 15.0 Å². The number of aliphatic carboxylic acids is 1. The number of carboxylic acids is 1. The molecule has 0 saturated heterocycles. The van der Waals surface area contributed by atoms with E-state index >= 15 is 0 Å². The number of aliphatic imine (C=N–C) groups is 1. The zero-order valence-electron chi connectivity index (χ0n) is 16.3. The van der Waals surface area contributed by atoms with Gasteiger partial charge in [0.2, 0.25) is 4.34 Å². The van der Waals surface area contributed by atoms with Crippen molar-refractivity contribution >= 4 is 60.7 Å². The first kappa shape index (κ1) is 20.9. The number of carbonyl (C=O) groups is 1. The highest BCUT2D eigenvalue weighted by molar-refractivity contribution is 8.15. The van der Waals surface area contributed by atoms with E-state index in [0.29, 0.717) is 24.2 Å². The fourth-order valence-corrected chi connectivity index (χ4v) is 6.93. The second-order valence-electron chi connectivity index (χ2n) is 6.85. The predicted octanol–water partition coefficient (Wildman–Crippen LogP) is 3.42. The molecule has 2 aromatic heterocycles. The summed E-state index contributed by atoms with van der Waals surface area (Å²) in [4.78, 5) is 23.2. The zero-order chi connectivity index (χ0) is 21.5. The second-order valence-corrected chi connectivity index (χ2v) is 11.1. The molecule has 2 N–H and O–H groups in total. The molecule has 0 saturated carbocycles. The molecule has 0 bridgehead atoms. The van der Waals surface area contributed by atoms with Gasteiger partial charge in [0.05, 0.1) is 29.4 Å². The van der Waals surface area contributed by atoms with Crippen LogP contribution in [0.5, 0.6) is 0 Å². The van der Waals surface area contributed by atoms with E-state index in [1.807, 2.05) is 19.1 Å². The van der Waals surface area contributed by atoms with Crippen molar-refractivity contribution in [3.8, 4) is 0 Å². The van der Waals surface area contributed by atoms with Crippen molar-refractivity contribution in [2.24, 2.45) is 10.9 Å². The van der Waals surface area contributed by atoms with E-state index in [1.165, 1.54) is 29.3 Å². The number of anilines is 1. The minimum absolute atomic E-state index is 0.0339. The average molecular weight is 465 g/mol. The molecule has 0 radical (unpaired) electrons. The van der Waals surface area contributed by atoms with Crippen LogP contribution in [0.1, 0.15) is 19.0 Å². The summed E-state index contributed by atoms with van der Waals surface area (Å²) in [5.41, 5.74) is 1.93. The van der Waals surface area contributed by atoms with Gasteiger partial charge >= 0.3 is 5.97 Å². The molecule has 1 aromatic carbocycles. The third kappa shape index (κ3) is 3.61.